The van der Waals surface area contributed by atoms with Gasteiger partial charge in [0.05, 0.1) is 12.1 Å². The Balaban J connectivity index is 1.40. The molecule has 0 radical (unpaired) electrons. The van der Waals surface area contributed by atoms with Crippen molar-refractivity contribution in [3.05, 3.63) is 65.7 Å². The summed E-state index contributed by atoms with van der Waals surface area (Å²) in [5.74, 6) is 0.0895. The molecule has 1 N–H and O–H groups in total. The van der Waals surface area contributed by atoms with Gasteiger partial charge in [-0.05, 0) is 42.9 Å². The second kappa shape index (κ2) is 8.40. The molecule has 30 heavy (non-hydrogen) atoms. The second-order valence-electron chi connectivity index (χ2n) is 8.73. The highest BCUT2D eigenvalue weighted by molar-refractivity contribution is 5.89. The van der Waals surface area contributed by atoms with E-state index in [4.69, 9.17) is 4.74 Å². The van der Waals surface area contributed by atoms with Crippen LogP contribution in [0.5, 0.6) is 0 Å². The van der Waals surface area contributed by atoms with E-state index in [1.54, 1.807) is 0 Å². The van der Waals surface area contributed by atoms with Gasteiger partial charge in [0.15, 0.2) is 0 Å². The van der Waals surface area contributed by atoms with Gasteiger partial charge in [-0.15, -0.1) is 0 Å². The monoisotopic (exact) mass is 406 g/mol. The largest absolute Gasteiger partial charge is 0.351 e. The van der Waals surface area contributed by atoms with Gasteiger partial charge in [-0.1, -0.05) is 61.4 Å². The third-order valence-electron chi connectivity index (χ3n) is 6.88. The highest BCUT2D eigenvalue weighted by Gasteiger charge is 2.43. The molecule has 2 heterocycles. The summed E-state index contributed by atoms with van der Waals surface area (Å²) in [6, 6.07) is 18.0. The zero-order valence-electron chi connectivity index (χ0n) is 17.3. The summed E-state index contributed by atoms with van der Waals surface area (Å²) in [6.45, 7) is 0.763. The molecule has 1 saturated heterocycles. The minimum Gasteiger partial charge on any atom is -0.351 e. The van der Waals surface area contributed by atoms with E-state index in [1.165, 1.54) is 5.56 Å². The third kappa shape index (κ3) is 3.61. The van der Waals surface area contributed by atoms with Gasteiger partial charge in [-0.2, -0.15) is 0 Å². The standard InChI is InChI=1S/C25H30N2O3/c28-24(26-16-8-15-21(26)18-9-2-1-3-10-18)23-17-19-11-4-7-14-22(19)27(23)25(29)30-20-12-5-6-13-20/h1-4,7,9-11,14,20-21,23,25,29H,5-6,8,12-13,15-17H2. The molecule has 5 heteroatoms. The Bertz CT molecular complexity index is 881. The first-order valence-electron chi connectivity index (χ1n) is 11.3. The van der Waals surface area contributed by atoms with Gasteiger partial charge in [0, 0.05) is 18.7 Å². The zero-order chi connectivity index (χ0) is 20.5. The predicted molar refractivity (Wildman–Crippen MR) is 116 cm³/mol. The first kappa shape index (κ1) is 19.6. The van der Waals surface area contributed by atoms with Gasteiger partial charge in [0.2, 0.25) is 12.3 Å². The molecule has 2 aliphatic heterocycles. The molecule has 5 rings (SSSR count). The van der Waals surface area contributed by atoms with E-state index in [0.29, 0.717) is 6.42 Å². The van der Waals surface area contributed by atoms with Crippen LogP contribution in [0, 0.1) is 0 Å². The number of benzene rings is 2. The number of carbonyl (C=O) groups excluding carboxylic acids is 1. The van der Waals surface area contributed by atoms with Gasteiger partial charge >= 0.3 is 0 Å². The molecule has 3 aliphatic rings. The number of carbonyl (C=O) groups is 1. The molecule has 3 atom stereocenters. The molecule has 0 aromatic heterocycles. The number of aliphatic hydroxyl groups is 1. The maximum absolute atomic E-state index is 13.8. The Hall–Kier alpha value is -2.37. The number of ether oxygens (including phenoxy) is 1. The molecule has 158 valence electrons. The van der Waals surface area contributed by atoms with Crippen molar-refractivity contribution in [1.29, 1.82) is 0 Å². The highest BCUT2D eigenvalue weighted by atomic mass is 16.6. The molecule has 3 unspecified atom stereocenters. The Labute approximate surface area is 178 Å². The predicted octanol–water partition coefficient (Wildman–Crippen LogP) is 4.02. The summed E-state index contributed by atoms with van der Waals surface area (Å²) < 4.78 is 6.02. The van der Waals surface area contributed by atoms with E-state index in [1.807, 2.05) is 46.2 Å². The summed E-state index contributed by atoms with van der Waals surface area (Å²) in [7, 11) is 0. The Morgan fingerprint density at radius 2 is 1.70 bits per heavy atom. The minimum atomic E-state index is -1.09. The number of hydrogen-bond donors (Lipinski definition) is 1. The van der Waals surface area contributed by atoms with Gasteiger partial charge in [0.1, 0.15) is 6.04 Å². The molecular weight excluding hydrogens is 376 g/mol. The lowest BCUT2D eigenvalue weighted by atomic mass is 10.0. The number of fused-ring (bicyclic) bond motifs is 1. The van der Waals surface area contributed by atoms with E-state index >= 15 is 0 Å². The van der Waals surface area contributed by atoms with Crippen molar-refractivity contribution in [3.8, 4) is 0 Å². The minimum absolute atomic E-state index is 0.0763. The number of para-hydroxylation sites is 1. The SMILES string of the molecule is O=C(C1Cc2ccccc2N1C(O)OC1CCCC1)N1CCCC1c1ccccc1. The normalized spacial score (nSPS) is 25.0. The van der Waals surface area contributed by atoms with Crippen molar-refractivity contribution in [2.75, 3.05) is 11.4 Å². The number of amides is 1. The van der Waals surface area contributed by atoms with Gasteiger partial charge in [0.25, 0.3) is 0 Å². The first-order valence-corrected chi connectivity index (χ1v) is 11.3. The van der Waals surface area contributed by atoms with E-state index in [0.717, 1.165) is 56.3 Å². The van der Waals surface area contributed by atoms with E-state index in [9.17, 15) is 9.90 Å². The van der Waals surface area contributed by atoms with Crippen LogP contribution in [-0.2, 0) is 16.0 Å². The second-order valence-corrected chi connectivity index (χ2v) is 8.73. The third-order valence-corrected chi connectivity index (χ3v) is 6.88. The Kier molecular flexibility index (Phi) is 5.48. The summed E-state index contributed by atoms with van der Waals surface area (Å²) in [5.41, 5.74) is 3.20. The van der Waals surface area contributed by atoms with Crippen molar-refractivity contribution in [2.45, 2.75) is 69.5 Å². The van der Waals surface area contributed by atoms with Gasteiger partial charge in [-0.3, -0.25) is 4.79 Å². The molecule has 1 aliphatic carbocycles. The lowest BCUT2D eigenvalue weighted by Gasteiger charge is -2.36. The van der Waals surface area contributed by atoms with Crippen LogP contribution in [0.3, 0.4) is 0 Å². The maximum atomic E-state index is 13.8. The number of anilines is 1. The van der Waals surface area contributed by atoms with E-state index < -0.39 is 12.5 Å². The van der Waals surface area contributed by atoms with E-state index in [2.05, 4.69) is 18.2 Å². The number of hydrogen-bond acceptors (Lipinski definition) is 4. The smallest absolute Gasteiger partial charge is 0.246 e. The van der Waals surface area contributed by atoms with Crippen molar-refractivity contribution >= 4 is 11.6 Å². The van der Waals surface area contributed by atoms with Crippen LogP contribution in [-0.4, -0.2) is 41.0 Å². The Morgan fingerprint density at radius 3 is 2.50 bits per heavy atom. The average Bonchev–Trinajstić information content (AvgIpc) is 3.52. The molecule has 5 nitrogen and oxygen atoms in total. The number of rotatable bonds is 5. The van der Waals surface area contributed by atoms with Gasteiger partial charge < -0.3 is 19.6 Å². The summed E-state index contributed by atoms with van der Waals surface area (Å²) in [6.07, 6.45) is 5.82. The average molecular weight is 407 g/mol. The zero-order valence-corrected chi connectivity index (χ0v) is 17.3. The fraction of sp³-hybridized carbons (Fsp3) is 0.480. The first-order chi connectivity index (χ1) is 14.7. The summed E-state index contributed by atoms with van der Waals surface area (Å²) >= 11 is 0. The van der Waals surface area contributed by atoms with Crippen LogP contribution in [0.1, 0.15) is 55.7 Å². The van der Waals surface area contributed by atoms with Crippen LogP contribution in [0.15, 0.2) is 54.6 Å². The Morgan fingerprint density at radius 1 is 0.967 bits per heavy atom. The van der Waals surface area contributed by atoms with Crippen LogP contribution < -0.4 is 4.90 Å². The molecule has 1 saturated carbocycles. The molecule has 1 amide bonds. The van der Waals surface area contributed by atoms with E-state index in [-0.39, 0.29) is 18.1 Å². The number of likely N-dealkylation sites (tertiary alicyclic amines) is 1. The molecular formula is C25H30N2O3. The maximum Gasteiger partial charge on any atom is 0.246 e. The topological polar surface area (TPSA) is 53.0 Å². The molecule has 0 spiro atoms. The lowest BCUT2D eigenvalue weighted by Crippen LogP contribution is -2.52. The van der Waals surface area contributed by atoms with Crippen LogP contribution >= 0.6 is 0 Å². The summed E-state index contributed by atoms with van der Waals surface area (Å²) in [5, 5.41) is 11.0. The van der Waals surface area contributed by atoms with Gasteiger partial charge in [-0.25, -0.2) is 0 Å². The van der Waals surface area contributed by atoms with Crippen molar-refractivity contribution < 1.29 is 14.6 Å². The van der Waals surface area contributed by atoms with Crippen molar-refractivity contribution in [1.82, 2.24) is 4.90 Å². The quantitative estimate of drug-likeness (QED) is 0.762. The fourth-order valence-electron chi connectivity index (χ4n) is 5.39. The fourth-order valence-corrected chi connectivity index (χ4v) is 5.39. The van der Waals surface area contributed by atoms with Crippen LogP contribution in [0.25, 0.3) is 0 Å². The van der Waals surface area contributed by atoms with Crippen LogP contribution in [0.4, 0.5) is 5.69 Å². The van der Waals surface area contributed by atoms with Crippen molar-refractivity contribution in [2.24, 2.45) is 0 Å². The highest BCUT2D eigenvalue weighted by Crippen LogP contribution is 2.39. The molecule has 2 aromatic carbocycles. The number of nitrogens with zero attached hydrogens (tertiary/aromatic N) is 2. The van der Waals surface area contributed by atoms with Crippen LogP contribution in [0.2, 0.25) is 0 Å². The molecule has 0 bridgehead atoms. The molecule has 2 fully saturated rings. The summed E-state index contributed by atoms with van der Waals surface area (Å²) in [4.78, 5) is 17.6. The number of aliphatic hydroxyl groups excluding tert-OH is 1. The molecule has 2 aromatic rings. The lowest BCUT2D eigenvalue weighted by molar-refractivity contribution is -0.148. The van der Waals surface area contributed by atoms with Crippen molar-refractivity contribution in [3.63, 3.8) is 0 Å².